The standard InChI is InChI=1S/C20H16ClN5O/c1-12-11-18(23-17-9-5-14(6-10-17)13(2)27)26-20(22-12)24-19(25-26)15-3-7-16(21)8-4-15/h3-11,23H,1-2H3. The van der Waals surface area contributed by atoms with Crippen molar-refractivity contribution < 1.29 is 4.79 Å². The van der Waals surface area contributed by atoms with Crippen molar-refractivity contribution in [2.24, 2.45) is 0 Å². The molecular weight excluding hydrogens is 362 g/mol. The van der Waals surface area contributed by atoms with Crippen molar-refractivity contribution in [2.75, 3.05) is 5.32 Å². The number of nitrogens with one attached hydrogen (secondary N) is 1. The highest BCUT2D eigenvalue weighted by atomic mass is 35.5. The molecule has 0 amide bonds. The first-order valence-corrected chi connectivity index (χ1v) is 8.76. The molecule has 2 aromatic heterocycles. The lowest BCUT2D eigenvalue weighted by Gasteiger charge is -2.09. The number of aromatic nitrogens is 4. The van der Waals surface area contributed by atoms with Crippen LogP contribution in [-0.4, -0.2) is 25.4 Å². The fourth-order valence-corrected chi connectivity index (χ4v) is 2.86. The number of ketones is 1. The SMILES string of the molecule is CC(=O)c1ccc(Nc2cc(C)nc3nc(-c4ccc(Cl)cc4)nn23)cc1. The lowest BCUT2D eigenvalue weighted by molar-refractivity contribution is 0.101. The lowest BCUT2D eigenvalue weighted by atomic mass is 10.1. The van der Waals surface area contributed by atoms with E-state index in [1.807, 2.05) is 37.3 Å². The van der Waals surface area contributed by atoms with E-state index >= 15 is 0 Å². The molecule has 0 saturated heterocycles. The Morgan fingerprint density at radius 1 is 1.04 bits per heavy atom. The van der Waals surface area contributed by atoms with E-state index in [4.69, 9.17) is 11.6 Å². The predicted molar refractivity (Wildman–Crippen MR) is 106 cm³/mol. The smallest absolute Gasteiger partial charge is 0.254 e. The first-order valence-electron chi connectivity index (χ1n) is 8.38. The Balaban J connectivity index is 1.73. The first-order chi connectivity index (χ1) is 13.0. The summed E-state index contributed by atoms with van der Waals surface area (Å²) < 4.78 is 1.66. The molecule has 0 saturated carbocycles. The summed E-state index contributed by atoms with van der Waals surface area (Å²) in [7, 11) is 0. The molecule has 0 unspecified atom stereocenters. The van der Waals surface area contributed by atoms with Crippen LogP contribution in [0.2, 0.25) is 5.02 Å². The number of rotatable bonds is 4. The molecule has 6 nitrogen and oxygen atoms in total. The molecule has 4 rings (SSSR count). The Morgan fingerprint density at radius 2 is 1.74 bits per heavy atom. The van der Waals surface area contributed by atoms with E-state index in [1.54, 1.807) is 35.7 Å². The zero-order chi connectivity index (χ0) is 19.0. The molecule has 4 aromatic rings. The van der Waals surface area contributed by atoms with Crippen LogP contribution >= 0.6 is 11.6 Å². The number of aryl methyl sites for hydroxylation is 1. The largest absolute Gasteiger partial charge is 0.340 e. The molecule has 0 aliphatic heterocycles. The van der Waals surface area contributed by atoms with Crippen molar-refractivity contribution in [2.45, 2.75) is 13.8 Å². The van der Waals surface area contributed by atoms with Gasteiger partial charge in [0.2, 0.25) is 0 Å². The van der Waals surface area contributed by atoms with Crippen molar-refractivity contribution in [3.05, 3.63) is 70.9 Å². The second-order valence-electron chi connectivity index (χ2n) is 6.20. The second kappa shape index (κ2) is 6.81. The molecule has 0 atom stereocenters. The van der Waals surface area contributed by atoms with Gasteiger partial charge in [-0.05, 0) is 62.4 Å². The molecular formula is C20H16ClN5O. The summed E-state index contributed by atoms with van der Waals surface area (Å²) in [5.74, 6) is 1.84. The molecule has 2 aromatic carbocycles. The fraction of sp³-hybridized carbons (Fsp3) is 0.100. The Bertz CT molecular complexity index is 1130. The molecule has 0 aliphatic carbocycles. The maximum atomic E-state index is 11.4. The Hall–Kier alpha value is -3.25. The predicted octanol–water partition coefficient (Wildman–Crippen LogP) is 4.70. The minimum absolute atomic E-state index is 0.0348. The minimum atomic E-state index is 0.0348. The van der Waals surface area contributed by atoms with Crippen LogP contribution in [0.25, 0.3) is 17.2 Å². The molecule has 0 spiro atoms. The molecule has 0 fully saturated rings. The van der Waals surface area contributed by atoms with Gasteiger partial charge in [0.25, 0.3) is 5.78 Å². The van der Waals surface area contributed by atoms with Gasteiger partial charge in [0, 0.05) is 33.6 Å². The van der Waals surface area contributed by atoms with Crippen LogP contribution in [0.4, 0.5) is 11.5 Å². The van der Waals surface area contributed by atoms with Gasteiger partial charge in [0.05, 0.1) is 0 Å². The third-order valence-electron chi connectivity index (χ3n) is 4.11. The van der Waals surface area contributed by atoms with Crippen LogP contribution in [0, 0.1) is 6.92 Å². The van der Waals surface area contributed by atoms with Crippen LogP contribution in [-0.2, 0) is 0 Å². The summed E-state index contributed by atoms with van der Waals surface area (Å²) in [5.41, 5.74) is 3.19. The zero-order valence-electron chi connectivity index (χ0n) is 14.8. The van der Waals surface area contributed by atoms with E-state index in [0.717, 1.165) is 22.8 Å². The number of anilines is 2. The van der Waals surface area contributed by atoms with Crippen molar-refractivity contribution in [1.29, 1.82) is 0 Å². The van der Waals surface area contributed by atoms with Crippen LogP contribution in [0.5, 0.6) is 0 Å². The second-order valence-corrected chi connectivity index (χ2v) is 6.63. The van der Waals surface area contributed by atoms with Gasteiger partial charge in [-0.25, -0.2) is 4.98 Å². The summed E-state index contributed by atoms with van der Waals surface area (Å²) in [5, 5.41) is 8.55. The van der Waals surface area contributed by atoms with Gasteiger partial charge >= 0.3 is 0 Å². The number of hydrogen-bond donors (Lipinski definition) is 1. The topological polar surface area (TPSA) is 72.2 Å². The van der Waals surface area contributed by atoms with E-state index < -0.39 is 0 Å². The average Bonchev–Trinajstić information content (AvgIpc) is 3.07. The summed E-state index contributed by atoms with van der Waals surface area (Å²) in [4.78, 5) is 20.4. The summed E-state index contributed by atoms with van der Waals surface area (Å²) in [6, 6.07) is 16.5. The third kappa shape index (κ3) is 3.52. The number of carbonyl (C=O) groups excluding carboxylic acids is 1. The highest BCUT2D eigenvalue weighted by molar-refractivity contribution is 6.30. The number of fused-ring (bicyclic) bond motifs is 1. The van der Waals surface area contributed by atoms with E-state index in [9.17, 15) is 4.79 Å². The van der Waals surface area contributed by atoms with Crippen LogP contribution in [0.1, 0.15) is 23.0 Å². The van der Waals surface area contributed by atoms with E-state index in [-0.39, 0.29) is 5.78 Å². The van der Waals surface area contributed by atoms with Gasteiger partial charge in [-0.1, -0.05) is 11.6 Å². The Kier molecular flexibility index (Phi) is 4.33. The molecule has 1 N–H and O–H groups in total. The maximum absolute atomic E-state index is 11.4. The highest BCUT2D eigenvalue weighted by Crippen LogP contribution is 2.22. The monoisotopic (exact) mass is 377 g/mol. The first kappa shape index (κ1) is 17.2. The number of benzene rings is 2. The summed E-state index contributed by atoms with van der Waals surface area (Å²) in [6.45, 7) is 3.45. The number of Topliss-reactive ketones (excluding diaryl/α,β-unsaturated/α-hetero) is 1. The van der Waals surface area contributed by atoms with Gasteiger partial charge in [-0.3, -0.25) is 4.79 Å². The van der Waals surface area contributed by atoms with E-state index in [1.165, 1.54) is 0 Å². The van der Waals surface area contributed by atoms with Crippen LogP contribution in [0.15, 0.2) is 54.6 Å². The average molecular weight is 378 g/mol. The van der Waals surface area contributed by atoms with Crippen molar-refractivity contribution >= 4 is 34.7 Å². The highest BCUT2D eigenvalue weighted by Gasteiger charge is 2.12. The quantitative estimate of drug-likeness (QED) is 0.522. The number of halogens is 1. The van der Waals surface area contributed by atoms with E-state index in [2.05, 4.69) is 20.4 Å². The van der Waals surface area contributed by atoms with E-state index in [0.29, 0.717) is 22.2 Å². The van der Waals surface area contributed by atoms with Crippen molar-refractivity contribution in [3.8, 4) is 11.4 Å². The molecule has 0 bridgehead atoms. The summed E-state index contributed by atoms with van der Waals surface area (Å²) in [6.07, 6.45) is 0. The Labute approximate surface area is 160 Å². The van der Waals surface area contributed by atoms with Gasteiger partial charge < -0.3 is 5.32 Å². The van der Waals surface area contributed by atoms with Gasteiger partial charge in [0.15, 0.2) is 11.6 Å². The molecule has 0 radical (unpaired) electrons. The normalized spacial score (nSPS) is 10.9. The van der Waals surface area contributed by atoms with Crippen molar-refractivity contribution in [1.82, 2.24) is 19.6 Å². The maximum Gasteiger partial charge on any atom is 0.254 e. The fourth-order valence-electron chi connectivity index (χ4n) is 2.73. The Morgan fingerprint density at radius 3 is 2.41 bits per heavy atom. The van der Waals surface area contributed by atoms with Gasteiger partial charge in [0.1, 0.15) is 5.82 Å². The molecule has 7 heteroatoms. The van der Waals surface area contributed by atoms with Crippen LogP contribution in [0.3, 0.4) is 0 Å². The van der Waals surface area contributed by atoms with Crippen molar-refractivity contribution in [3.63, 3.8) is 0 Å². The molecule has 0 aliphatic rings. The number of carbonyl (C=O) groups is 1. The molecule has 2 heterocycles. The molecule has 134 valence electrons. The lowest BCUT2D eigenvalue weighted by Crippen LogP contribution is -2.03. The molecule has 27 heavy (non-hydrogen) atoms. The van der Waals surface area contributed by atoms with Crippen LogP contribution < -0.4 is 5.32 Å². The minimum Gasteiger partial charge on any atom is -0.340 e. The zero-order valence-corrected chi connectivity index (χ0v) is 15.5. The summed E-state index contributed by atoms with van der Waals surface area (Å²) >= 11 is 5.96. The third-order valence-corrected chi connectivity index (χ3v) is 4.36. The number of nitrogens with zero attached hydrogens (tertiary/aromatic N) is 4. The van der Waals surface area contributed by atoms with Gasteiger partial charge in [-0.15, -0.1) is 5.10 Å². The number of hydrogen-bond acceptors (Lipinski definition) is 5. The van der Waals surface area contributed by atoms with Gasteiger partial charge in [-0.2, -0.15) is 9.50 Å².